The first-order chi connectivity index (χ1) is 10.6. The molecule has 2 aromatic rings. The van der Waals surface area contributed by atoms with Crippen molar-refractivity contribution in [2.24, 2.45) is 10.7 Å². The lowest BCUT2D eigenvalue weighted by atomic mass is 10.2. The van der Waals surface area contributed by atoms with Gasteiger partial charge in [0.25, 0.3) is 0 Å². The lowest BCUT2D eigenvalue weighted by molar-refractivity contribution is 0.311. The summed E-state index contributed by atoms with van der Waals surface area (Å²) in [5.74, 6) is 1.36. The van der Waals surface area contributed by atoms with Gasteiger partial charge >= 0.3 is 0 Å². The molecule has 3 N–H and O–H groups in total. The van der Waals surface area contributed by atoms with E-state index in [1.54, 1.807) is 0 Å². The molecule has 0 amide bonds. The maximum atomic E-state index is 5.87. The number of nitrogens with zero attached hydrogens (tertiary/aromatic N) is 1. The Hall–Kier alpha value is -1.76. The van der Waals surface area contributed by atoms with Gasteiger partial charge in [0, 0.05) is 18.7 Å². The van der Waals surface area contributed by atoms with Crippen molar-refractivity contribution >= 4 is 35.6 Å². The second kappa shape index (κ2) is 10.1. The molecule has 0 aliphatic heterocycles. The summed E-state index contributed by atoms with van der Waals surface area (Å²) >= 11 is 0. The second-order valence-corrected chi connectivity index (χ2v) is 5.23. The highest BCUT2D eigenvalue weighted by Crippen LogP contribution is 2.16. The molecule has 23 heavy (non-hydrogen) atoms. The number of guanidine groups is 1. The van der Waals surface area contributed by atoms with Crippen LogP contribution in [0.1, 0.15) is 17.5 Å². The van der Waals surface area contributed by atoms with Gasteiger partial charge < -0.3 is 15.8 Å². The van der Waals surface area contributed by atoms with Gasteiger partial charge in [-0.25, -0.2) is 0 Å². The van der Waals surface area contributed by atoms with Crippen LogP contribution in [0.2, 0.25) is 0 Å². The standard InChI is InChI=1S/C18H23N3O.HI/c1-14-7-5-9-16(13-14)21-18(19)20-11-6-12-22-17-10-4-3-8-15(17)2;/h3-5,7-10,13H,6,11-12H2,1-2H3,(H3,19,20,21);1H. The molecule has 0 radical (unpaired) electrons. The van der Waals surface area contributed by atoms with Crippen LogP contribution in [-0.2, 0) is 0 Å². The molecular weight excluding hydrogens is 401 g/mol. The Morgan fingerprint density at radius 3 is 2.65 bits per heavy atom. The summed E-state index contributed by atoms with van der Waals surface area (Å²) in [5, 5.41) is 3.09. The average molecular weight is 425 g/mol. The fourth-order valence-corrected chi connectivity index (χ4v) is 2.07. The number of ether oxygens (including phenoxy) is 1. The van der Waals surface area contributed by atoms with Crippen molar-refractivity contribution in [3.63, 3.8) is 0 Å². The fraction of sp³-hybridized carbons (Fsp3) is 0.278. The molecule has 0 atom stereocenters. The average Bonchev–Trinajstić information content (AvgIpc) is 2.48. The van der Waals surface area contributed by atoms with Crippen LogP contribution in [0.5, 0.6) is 5.75 Å². The summed E-state index contributed by atoms with van der Waals surface area (Å²) in [4.78, 5) is 4.31. The third-order valence-corrected chi connectivity index (χ3v) is 3.23. The predicted octanol–water partition coefficient (Wildman–Crippen LogP) is 4.12. The monoisotopic (exact) mass is 425 g/mol. The van der Waals surface area contributed by atoms with E-state index in [2.05, 4.69) is 10.3 Å². The van der Waals surface area contributed by atoms with E-state index in [0.29, 0.717) is 19.1 Å². The first-order valence-electron chi connectivity index (χ1n) is 7.47. The first-order valence-corrected chi connectivity index (χ1v) is 7.47. The first kappa shape index (κ1) is 19.3. The number of aryl methyl sites for hydroxylation is 2. The molecule has 0 heterocycles. The molecule has 0 spiro atoms. The molecule has 4 nitrogen and oxygen atoms in total. The summed E-state index contributed by atoms with van der Waals surface area (Å²) in [6.45, 7) is 5.35. The molecular formula is C18H24IN3O. The number of nitrogens with one attached hydrogen (secondary N) is 1. The molecule has 0 aromatic heterocycles. The predicted molar refractivity (Wildman–Crippen MR) is 108 cm³/mol. The molecule has 0 bridgehead atoms. The SMILES string of the molecule is Cc1cccc(NC(N)=NCCCOc2ccccc2C)c1.I. The molecule has 0 saturated heterocycles. The number of halogens is 1. The van der Waals surface area contributed by atoms with Gasteiger partial charge in [0.2, 0.25) is 0 Å². The number of nitrogens with two attached hydrogens (primary N) is 1. The number of para-hydroxylation sites is 1. The van der Waals surface area contributed by atoms with E-state index in [1.807, 2.05) is 62.4 Å². The van der Waals surface area contributed by atoms with E-state index in [1.165, 1.54) is 5.56 Å². The lowest BCUT2D eigenvalue weighted by Gasteiger charge is -2.08. The molecule has 0 saturated carbocycles. The van der Waals surface area contributed by atoms with Crippen LogP contribution < -0.4 is 15.8 Å². The topological polar surface area (TPSA) is 59.6 Å². The van der Waals surface area contributed by atoms with E-state index < -0.39 is 0 Å². The van der Waals surface area contributed by atoms with Crippen molar-refractivity contribution < 1.29 is 4.74 Å². The molecule has 0 unspecified atom stereocenters. The Balaban J connectivity index is 0.00000264. The molecule has 5 heteroatoms. The molecule has 0 fully saturated rings. The summed E-state index contributed by atoms with van der Waals surface area (Å²) in [6.07, 6.45) is 0.824. The summed E-state index contributed by atoms with van der Waals surface area (Å²) < 4.78 is 5.72. The third kappa shape index (κ3) is 6.90. The molecule has 0 aliphatic carbocycles. The fourth-order valence-electron chi connectivity index (χ4n) is 2.07. The maximum Gasteiger partial charge on any atom is 0.193 e. The Bertz CT molecular complexity index is 644. The van der Waals surface area contributed by atoms with Crippen molar-refractivity contribution in [2.45, 2.75) is 20.3 Å². The van der Waals surface area contributed by atoms with Gasteiger partial charge in [-0.1, -0.05) is 30.3 Å². The molecule has 2 rings (SSSR count). The third-order valence-electron chi connectivity index (χ3n) is 3.23. The zero-order valence-corrected chi connectivity index (χ0v) is 15.9. The number of hydrogen-bond acceptors (Lipinski definition) is 2. The van der Waals surface area contributed by atoms with Crippen LogP contribution in [0.4, 0.5) is 5.69 Å². The van der Waals surface area contributed by atoms with E-state index >= 15 is 0 Å². The molecule has 0 aliphatic rings. The van der Waals surface area contributed by atoms with Gasteiger partial charge in [-0.05, 0) is 43.2 Å². The number of hydrogen-bond donors (Lipinski definition) is 2. The van der Waals surface area contributed by atoms with Crippen molar-refractivity contribution in [1.29, 1.82) is 0 Å². The normalized spacial score (nSPS) is 10.8. The van der Waals surface area contributed by atoms with Crippen LogP contribution >= 0.6 is 24.0 Å². The minimum atomic E-state index is 0. The Morgan fingerprint density at radius 1 is 1.13 bits per heavy atom. The quantitative estimate of drug-likeness (QED) is 0.317. The minimum absolute atomic E-state index is 0. The summed E-state index contributed by atoms with van der Waals surface area (Å²) in [5.41, 5.74) is 9.16. The van der Waals surface area contributed by atoms with Gasteiger partial charge in [-0.15, -0.1) is 24.0 Å². The number of anilines is 1. The highest BCUT2D eigenvalue weighted by molar-refractivity contribution is 14.0. The maximum absolute atomic E-state index is 5.87. The number of rotatable bonds is 6. The largest absolute Gasteiger partial charge is 0.493 e. The van der Waals surface area contributed by atoms with Gasteiger partial charge in [-0.3, -0.25) is 4.99 Å². The minimum Gasteiger partial charge on any atom is -0.493 e. The van der Waals surface area contributed by atoms with Crippen molar-refractivity contribution in [1.82, 2.24) is 0 Å². The van der Waals surface area contributed by atoms with Crippen LogP contribution in [0, 0.1) is 13.8 Å². The van der Waals surface area contributed by atoms with Crippen LogP contribution in [-0.4, -0.2) is 19.1 Å². The molecule has 124 valence electrons. The van der Waals surface area contributed by atoms with Crippen molar-refractivity contribution in [2.75, 3.05) is 18.5 Å². The Labute approximate surface area is 155 Å². The highest BCUT2D eigenvalue weighted by Gasteiger charge is 1.98. The van der Waals surface area contributed by atoms with Gasteiger partial charge in [0.15, 0.2) is 5.96 Å². The van der Waals surface area contributed by atoms with E-state index in [-0.39, 0.29) is 24.0 Å². The van der Waals surface area contributed by atoms with Crippen LogP contribution in [0.15, 0.2) is 53.5 Å². The number of benzene rings is 2. The van der Waals surface area contributed by atoms with Crippen LogP contribution in [0.3, 0.4) is 0 Å². The zero-order chi connectivity index (χ0) is 15.8. The van der Waals surface area contributed by atoms with E-state index in [0.717, 1.165) is 23.4 Å². The van der Waals surface area contributed by atoms with Gasteiger partial charge in [0.05, 0.1) is 6.61 Å². The summed E-state index contributed by atoms with van der Waals surface area (Å²) in [6, 6.07) is 16.0. The highest BCUT2D eigenvalue weighted by atomic mass is 127. The Kier molecular flexibility index (Phi) is 8.47. The van der Waals surface area contributed by atoms with Gasteiger partial charge in [-0.2, -0.15) is 0 Å². The van der Waals surface area contributed by atoms with Crippen LogP contribution in [0.25, 0.3) is 0 Å². The van der Waals surface area contributed by atoms with E-state index in [9.17, 15) is 0 Å². The second-order valence-electron chi connectivity index (χ2n) is 5.23. The zero-order valence-electron chi connectivity index (χ0n) is 13.6. The number of aliphatic imine (C=N–C) groups is 1. The summed E-state index contributed by atoms with van der Waals surface area (Å²) in [7, 11) is 0. The van der Waals surface area contributed by atoms with Gasteiger partial charge in [0.1, 0.15) is 5.75 Å². The van der Waals surface area contributed by atoms with Crippen molar-refractivity contribution in [3.05, 3.63) is 59.7 Å². The van der Waals surface area contributed by atoms with Crippen molar-refractivity contribution in [3.8, 4) is 5.75 Å². The molecule has 2 aromatic carbocycles. The lowest BCUT2D eigenvalue weighted by Crippen LogP contribution is -2.23. The Morgan fingerprint density at radius 2 is 1.91 bits per heavy atom. The smallest absolute Gasteiger partial charge is 0.193 e. The van der Waals surface area contributed by atoms with E-state index in [4.69, 9.17) is 10.5 Å².